The van der Waals surface area contributed by atoms with Gasteiger partial charge in [0, 0.05) is 50.3 Å². The van der Waals surface area contributed by atoms with Crippen molar-refractivity contribution in [2.75, 3.05) is 39.3 Å². The molecule has 0 radical (unpaired) electrons. The second-order valence-corrected chi connectivity index (χ2v) is 8.25. The minimum atomic E-state index is -3.54. The molecule has 2 aromatic carbocycles. The molecule has 1 unspecified atom stereocenters. The zero-order valence-electron chi connectivity index (χ0n) is 14.4. The summed E-state index contributed by atoms with van der Waals surface area (Å²) >= 11 is 0. The number of hydrogen-bond acceptors (Lipinski definition) is 4. The average molecular weight is 348 g/mol. The highest BCUT2D eigenvalue weighted by Crippen LogP contribution is 2.34. The van der Waals surface area contributed by atoms with Crippen molar-refractivity contribution in [3.63, 3.8) is 0 Å². The fourth-order valence-corrected chi connectivity index (χ4v) is 5.38. The molecule has 2 aromatic rings. The van der Waals surface area contributed by atoms with Crippen LogP contribution in [0.1, 0.15) is 12.8 Å². The predicted molar refractivity (Wildman–Crippen MR) is 97.1 cm³/mol. The van der Waals surface area contributed by atoms with Crippen LogP contribution in [-0.4, -0.2) is 53.1 Å². The van der Waals surface area contributed by atoms with Crippen LogP contribution in [0.15, 0.2) is 41.3 Å². The van der Waals surface area contributed by atoms with Crippen LogP contribution in [0.4, 0.5) is 5.69 Å². The first-order chi connectivity index (χ1) is 11.5. The van der Waals surface area contributed by atoms with E-state index in [4.69, 9.17) is 4.74 Å². The second kappa shape index (κ2) is 6.70. The molecule has 1 atom stereocenters. The fourth-order valence-electron chi connectivity index (χ4n) is 3.49. The van der Waals surface area contributed by atoms with Crippen LogP contribution < -0.4 is 4.90 Å². The van der Waals surface area contributed by atoms with E-state index in [2.05, 4.69) is 0 Å². The summed E-state index contributed by atoms with van der Waals surface area (Å²) in [6.45, 7) is 0.993. The number of nitrogens with zero attached hydrogens (tertiary/aromatic N) is 2. The molecule has 1 heterocycles. The van der Waals surface area contributed by atoms with Gasteiger partial charge in [-0.05, 0) is 25.0 Å². The summed E-state index contributed by atoms with van der Waals surface area (Å²) in [7, 11) is 2.00. The summed E-state index contributed by atoms with van der Waals surface area (Å²) in [5.41, 5.74) is 1.01. The molecule has 0 spiro atoms. The number of ether oxygens (including phenoxy) is 1. The Labute approximate surface area is 143 Å². The number of rotatable bonds is 5. The van der Waals surface area contributed by atoms with Gasteiger partial charge < -0.3 is 9.64 Å². The van der Waals surface area contributed by atoms with Crippen molar-refractivity contribution in [2.24, 2.45) is 0 Å². The molecule has 3 rings (SSSR count). The average Bonchev–Trinajstić information content (AvgIpc) is 3.03. The van der Waals surface area contributed by atoms with Gasteiger partial charge in [-0.15, -0.1) is 0 Å². The molecule has 0 saturated carbocycles. The summed E-state index contributed by atoms with van der Waals surface area (Å²) in [4.78, 5) is 2.38. The number of methoxy groups -OCH3 is 1. The Kier molecular flexibility index (Phi) is 4.80. The van der Waals surface area contributed by atoms with Crippen molar-refractivity contribution in [3.8, 4) is 0 Å². The van der Waals surface area contributed by atoms with Crippen LogP contribution in [0.25, 0.3) is 10.8 Å². The Bertz CT molecular complexity index is 833. The van der Waals surface area contributed by atoms with Crippen LogP contribution in [0.3, 0.4) is 0 Å². The molecule has 0 aliphatic carbocycles. The molecule has 0 aromatic heterocycles. The van der Waals surface area contributed by atoms with E-state index >= 15 is 0 Å². The van der Waals surface area contributed by atoms with E-state index in [1.807, 2.05) is 49.3 Å². The normalized spacial score (nSPS) is 19.0. The largest absolute Gasteiger partial charge is 0.383 e. The maximum absolute atomic E-state index is 13.3. The molecule has 1 aliphatic rings. The molecule has 24 heavy (non-hydrogen) atoms. The number of benzene rings is 2. The molecule has 6 heteroatoms. The van der Waals surface area contributed by atoms with E-state index in [1.54, 1.807) is 17.5 Å². The molecule has 1 saturated heterocycles. The van der Waals surface area contributed by atoms with Gasteiger partial charge >= 0.3 is 0 Å². The number of fused-ring (bicyclic) bond motifs is 1. The lowest BCUT2D eigenvalue weighted by Gasteiger charge is -2.24. The van der Waals surface area contributed by atoms with Crippen LogP contribution in [-0.2, 0) is 14.8 Å². The third kappa shape index (κ3) is 2.90. The van der Waals surface area contributed by atoms with E-state index in [0.29, 0.717) is 18.0 Å². The Morgan fingerprint density at radius 1 is 1.17 bits per heavy atom. The molecule has 0 N–H and O–H groups in total. The summed E-state index contributed by atoms with van der Waals surface area (Å²) in [6.07, 6.45) is 1.72. The Hall–Kier alpha value is -1.63. The van der Waals surface area contributed by atoms with Gasteiger partial charge in [0.2, 0.25) is 10.0 Å². The Morgan fingerprint density at radius 2 is 1.88 bits per heavy atom. The Balaban J connectivity index is 2.13. The van der Waals surface area contributed by atoms with Crippen molar-refractivity contribution in [1.29, 1.82) is 0 Å². The number of anilines is 1. The molecule has 130 valence electrons. The molecule has 5 nitrogen and oxygen atoms in total. The van der Waals surface area contributed by atoms with Gasteiger partial charge in [-0.25, -0.2) is 8.42 Å². The van der Waals surface area contributed by atoms with Crippen molar-refractivity contribution < 1.29 is 13.2 Å². The van der Waals surface area contributed by atoms with Crippen LogP contribution in [0, 0.1) is 0 Å². The molecule has 0 bridgehead atoms. The number of sulfonamides is 1. The van der Waals surface area contributed by atoms with Crippen LogP contribution in [0.5, 0.6) is 0 Å². The van der Waals surface area contributed by atoms with Crippen LogP contribution >= 0.6 is 0 Å². The smallest absolute Gasteiger partial charge is 0.244 e. The van der Waals surface area contributed by atoms with E-state index < -0.39 is 10.0 Å². The summed E-state index contributed by atoms with van der Waals surface area (Å²) < 4.78 is 33.4. The van der Waals surface area contributed by atoms with E-state index in [1.165, 1.54) is 0 Å². The molecule has 1 aliphatic heterocycles. The monoisotopic (exact) mass is 348 g/mol. The first-order valence-electron chi connectivity index (χ1n) is 8.16. The minimum absolute atomic E-state index is 0.0766. The first-order valence-corrected chi connectivity index (χ1v) is 9.60. The maximum Gasteiger partial charge on any atom is 0.244 e. The summed E-state index contributed by atoms with van der Waals surface area (Å²) in [6, 6.07) is 11.2. The topological polar surface area (TPSA) is 49.9 Å². The third-order valence-electron chi connectivity index (χ3n) is 4.61. The van der Waals surface area contributed by atoms with Gasteiger partial charge in [0.15, 0.2) is 0 Å². The fraction of sp³-hybridized carbons (Fsp3) is 0.444. The van der Waals surface area contributed by atoms with Gasteiger partial charge in [0.05, 0.1) is 11.5 Å². The maximum atomic E-state index is 13.3. The lowest BCUT2D eigenvalue weighted by molar-refractivity contribution is 0.149. The standard InChI is InChI=1S/C18H24N2O3S/c1-19(2)17-10-4-9-16-15(17)8-5-11-18(16)24(21,22)20-12-6-7-14(20)13-23-3/h4-5,8-11,14H,6-7,12-13H2,1-3H3. The van der Waals surface area contributed by atoms with Crippen molar-refractivity contribution >= 4 is 26.5 Å². The minimum Gasteiger partial charge on any atom is -0.383 e. The lowest BCUT2D eigenvalue weighted by Crippen LogP contribution is -2.38. The van der Waals surface area contributed by atoms with Gasteiger partial charge in [0.1, 0.15) is 0 Å². The zero-order chi connectivity index (χ0) is 17.3. The van der Waals surface area contributed by atoms with Gasteiger partial charge in [-0.3, -0.25) is 0 Å². The molecular weight excluding hydrogens is 324 g/mol. The zero-order valence-corrected chi connectivity index (χ0v) is 15.2. The Morgan fingerprint density at radius 3 is 2.58 bits per heavy atom. The molecule has 0 amide bonds. The van der Waals surface area contributed by atoms with E-state index in [-0.39, 0.29) is 6.04 Å². The van der Waals surface area contributed by atoms with Crippen molar-refractivity contribution in [3.05, 3.63) is 36.4 Å². The summed E-state index contributed by atoms with van der Waals surface area (Å²) in [5.74, 6) is 0. The SMILES string of the molecule is COCC1CCCN1S(=O)(=O)c1cccc2c(N(C)C)cccc12. The molecular formula is C18H24N2O3S. The third-order valence-corrected chi connectivity index (χ3v) is 6.62. The van der Waals surface area contributed by atoms with Gasteiger partial charge in [-0.2, -0.15) is 4.31 Å². The van der Waals surface area contributed by atoms with E-state index in [9.17, 15) is 8.42 Å². The van der Waals surface area contributed by atoms with Crippen LogP contribution in [0.2, 0.25) is 0 Å². The summed E-state index contributed by atoms with van der Waals surface area (Å²) in [5, 5.41) is 1.72. The van der Waals surface area contributed by atoms with Crippen molar-refractivity contribution in [2.45, 2.75) is 23.8 Å². The van der Waals surface area contributed by atoms with E-state index in [0.717, 1.165) is 29.3 Å². The first kappa shape index (κ1) is 17.2. The lowest BCUT2D eigenvalue weighted by atomic mass is 10.1. The highest BCUT2D eigenvalue weighted by atomic mass is 32.2. The highest BCUT2D eigenvalue weighted by Gasteiger charge is 2.36. The predicted octanol–water partition coefficient (Wildman–Crippen LogP) is 2.71. The van der Waals surface area contributed by atoms with Gasteiger partial charge in [-0.1, -0.05) is 24.3 Å². The highest BCUT2D eigenvalue weighted by molar-refractivity contribution is 7.89. The molecule has 1 fully saturated rings. The quantitative estimate of drug-likeness (QED) is 0.834. The van der Waals surface area contributed by atoms with Crippen molar-refractivity contribution in [1.82, 2.24) is 4.31 Å². The van der Waals surface area contributed by atoms with Gasteiger partial charge in [0.25, 0.3) is 0 Å². The second-order valence-electron chi connectivity index (χ2n) is 6.39. The number of hydrogen-bond donors (Lipinski definition) is 0.